The van der Waals surface area contributed by atoms with Crippen LogP contribution in [-0.2, 0) is 10.1 Å². The quantitative estimate of drug-likeness (QED) is 0.825. The van der Waals surface area contributed by atoms with Crippen LogP contribution in [0.1, 0.15) is 43.2 Å². The van der Waals surface area contributed by atoms with E-state index in [9.17, 15) is 13.0 Å². The van der Waals surface area contributed by atoms with Gasteiger partial charge in [0.15, 0.2) is 0 Å². The summed E-state index contributed by atoms with van der Waals surface area (Å²) in [5.74, 6) is 0.740. The molecule has 0 bridgehead atoms. The van der Waals surface area contributed by atoms with Crippen LogP contribution in [0.2, 0.25) is 0 Å². The summed E-state index contributed by atoms with van der Waals surface area (Å²) in [6, 6.07) is 5.15. The van der Waals surface area contributed by atoms with Crippen molar-refractivity contribution in [3.05, 3.63) is 29.3 Å². The molecule has 0 spiro atoms. The Labute approximate surface area is 103 Å². The summed E-state index contributed by atoms with van der Waals surface area (Å²) < 4.78 is 32.0. The molecule has 0 radical (unpaired) electrons. The van der Waals surface area contributed by atoms with Gasteiger partial charge >= 0.3 is 0 Å². The van der Waals surface area contributed by atoms with Gasteiger partial charge in [-0.3, -0.25) is 4.55 Å². The van der Waals surface area contributed by atoms with Crippen molar-refractivity contribution >= 4 is 10.1 Å². The van der Waals surface area contributed by atoms with Gasteiger partial charge in [0.05, 0.1) is 4.90 Å². The third-order valence-electron chi connectivity index (χ3n) is 3.70. The van der Waals surface area contributed by atoms with Crippen LogP contribution in [0.4, 0.5) is 0 Å². The van der Waals surface area contributed by atoms with Crippen LogP contribution >= 0.6 is 0 Å². The SMILES string of the molecule is Cc1ccc(S(=O)(=O)O)c(C2CCCC2C)c1. The molecule has 0 saturated heterocycles. The summed E-state index contributed by atoms with van der Waals surface area (Å²) in [6.07, 6.45) is 3.27. The number of aryl methyl sites for hydroxylation is 1. The molecule has 1 fully saturated rings. The predicted octanol–water partition coefficient (Wildman–Crippen LogP) is 3.15. The Bertz CT molecular complexity index is 519. The summed E-state index contributed by atoms with van der Waals surface area (Å²) in [5.41, 5.74) is 1.82. The molecule has 0 heterocycles. The minimum absolute atomic E-state index is 0.0850. The summed E-state index contributed by atoms with van der Waals surface area (Å²) in [5, 5.41) is 0. The van der Waals surface area contributed by atoms with E-state index < -0.39 is 10.1 Å². The number of benzene rings is 1. The molecular formula is C13H18O3S. The Morgan fingerprint density at radius 3 is 2.53 bits per heavy atom. The highest BCUT2D eigenvalue weighted by atomic mass is 32.2. The van der Waals surface area contributed by atoms with Crippen molar-refractivity contribution in [3.8, 4) is 0 Å². The first-order valence-electron chi connectivity index (χ1n) is 5.97. The fourth-order valence-corrected chi connectivity index (χ4v) is 3.55. The zero-order valence-electron chi connectivity index (χ0n) is 10.2. The van der Waals surface area contributed by atoms with Crippen LogP contribution in [0.5, 0.6) is 0 Å². The Hall–Kier alpha value is -0.870. The maximum absolute atomic E-state index is 11.4. The molecule has 94 valence electrons. The number of rotatable bonds is 2. The van der Waals surface area contributed by atoms with Gasteiger partial charge in [0.1, 0.15) is 0 Å². The first-order chi connectivity index (χ1) is 7.89. The van der Waals surface area contributed by atoms with Crippen LogP contribution in [-0.4, -0.2) is 13.0 Å². The Morgan fingerprint density at radius 2 is 2.00 bits per heavy atom. The Morgan fingerprint density at radius 1 is 1.29 bits per heavy atom. The predicted molar refractivity (Wildman–Crippen MR) is 66.7 cm³/mol. The lowest BCUT2D eigenvalue weighted by Gasteiger charge is -2.19. The first-order valence-corrected chi connectivity index (χ1v) is 7.41. The van der Waals surface area contributed by atoms with Crippen LogP contribution in [0.3, 0.4) is 0 Å². The van der Waals surface area contributed by atoms with E-state index in [0.717, 1.165) is 30.4 Å². The number of hydrogen-bond donors (Lipinski definition) is 1. The van der Waals surface area contributed by atoms with Gasteiger partial charge in [0, 0.05) is 0 Å². The molecule has 3 nitrogen and oxygen atoms in total. The minimum Gasteiger partial charge on any atom is -0.282 e. The van der Waals surface area contributed by atoms with Crippen molar-refractivity contribution in [3.63, 3.8) is 0 Å². The summed E-state index contributed by atoms with van der Waals surface area (Å²) >= 11 is 0. The van der Waals surface area contributed by atoms with Gasteiger partial charge in [0.25, 0.3) is 10.1 Å². The fraction of sp³-hybridized carbons (Fsp3) is 0.538. The Kier molecular flexibility index (Phi) is 3.27. The van der Waals surface area contributed by atoms with E-state index >= 15 is 0 Å². The normalized spacial score (nSPS) is 25.1. The third-order valence-corrected chi connectivity index (χ3v) is 4.63. The lowest BCUT2D eigenvalue weighted by atomic mass is 9.89. The highest BCUT2D eigenvalue weighted by Crippen LogP contribution is 2.41. The molecule has 1 aromatic carbocycles. The molecule has 2 rings (SSSR count). The van der Waals surface area contributed by atoms with Crippen molar-refractivity contribution in [2.24, 2.45) is 5.92 Å². The van der Waals surface area contributed by atoms with Gasteiger partial charge in [-0.1, -0.05) is 37.5 Å². The number of hydrogen-bond acceptors (Lipinski definition) is 2. The molecule has 1 aliphatic carbocycles. The molecular weight excluding hydrogens is 236 g/mol. The maximum atomic E-state index is 11.4. The van der Waals surface area contributed by atoms with Gasteiger partial charge in [0.2, 0.25) is 0 Å². The molecule has 0 aromatic heterocycles. The topological polar surface area (TPSA) is 54.4 Å². The van der Waals surface area contributed by atoms with E-state index in [1.165, 1.54) is 6.07 Å². The molecule has 2 unspecified atom stereocenters. The van der Waals surface area contributed by atoms with Crippen LogP contribution < -0.4 is 0 Å². The molecule has 2 atom stereocenters. The van der Waals surface area contributed by atoms with E-state index in [1.807, 2.05) is 13.0 Å². The average Bonchev–Trinajstić information content (AvgIpc) is 2.62. The zero-order valence-corrected chi connectivity index (χ0v) is 11.0. The van der Waals surface area contributed by atoms with Gasteiger partial charge < -0.3 is 0 Å². The van der Waals surface area contributed by atoms with Crippen LogP contribution in [0.15, 0.2) is 23.1 Å². The van der Waals surface area contributed by atoms with Crippen LogP contribution in [0, 0.1) is 12.8 Å². The second kappa shape index (κ2) is 4.42. The lowest BCUT2D eigenvalue weighted by molar-refractivity contribution is 0.475. The van der Waals surface area contributed by atoms with Gasteiger partial charge in [-0.15, -0.1) is 0 Å². The maximum Gasteiger partial charge on any atom is 0.294 e. The molecule has 1 aliphatic rings. The highest BCUT2D eigenvalue weighted by Gasteiger charge is 2.29. The van der Waals surface area contributed by atoms with E-state index in [-0.39, 0.29) is 10.8 Å². The monoisotopic (exact) mass is 254 g/mol. The minimum atomic E-state index is -4.11. The van der Waals surface area contributed by atoms with E-state index in [2.05, 4.69) is 6.92 Å². The highest BCUT2D eigenvalue weighted by molar-refractivity contribution is 7.85. The smallest absolute Gasteiger partial charge is 0.282 e. The van der Waals surface area contributed by atoms with Crippen molar-refractivity contribution in [2.45, 2.75) is 43.9 Å². The third kappa shape index (κ3) is 2.53. The van der Waals surface area contributed by atoms with E-state index in [1.54, 1.807) is 6.07 Å². The zero-order chi connectivity index (χ0) is 12.6. The second-order valence-corrected chi connectivity index (χ2v) is 6.42. The van der Waals surface area contributed by atoms with Crippen LogP contribution in [0.25, 0.3) is 0 Å². The molecule has 0 amide bonds. The largest absolute Gasteiger partial charge is 0.294 e. The summed E-state index contributed by atoms with van der Waals surface area (Å²) in [6.45, 7) is 4.09. The molecule has 17 heavy (non-hydrogen) atoms. The molecule has 4 heteroatoms. The fourth-order valence-electron chi connectivity index (χ4n) is 2.80. The van der Waals surface area contributed by atoms with E-state index in [4.69, 9.17) is 0 Å². The second-order valence-electron chi connectivity index (χ2n) is 5.03. The standard InChI is InChI=1S/C13H18O3S/c1-9-6-7-13(17(14,15)16)12(8-9)11-5-3-4-10(11)2/h6-8,10-11H,3-5H2,1-2H3,(H,14,15,16). The first kappa shape index (κ1) is 12.6. The molecule has 1 aromatic rings. The van der Waals surface area contributed by atoms with Crippen molar-refractivity contribution < 1.29 is 13.0 Å². The summed E-state index contributed by atoms with van der Waals surface area (Å²) in [4.78, 5) is 0.0850. The van der Waals surface area contributed by atoms with Crippen molar-refractivity contribution in [1.82, 2.24) is 0 Å². The lowest BCUT2D eigenvalue weighted by Crippen LogP contribution is -2.10. The Balaban J connectivity index is 2.55. The average molecular weight is 254 g/mol. The van der Waals surface area contributed by atoms with Gasteiger partial charge in [-0.05, 0) is 36.8 Å². The summed E-state index contributed by atoms with van der Waals surface area (Å²) in [7, 11) is -4.11. The van der Waals surface area contributed by atoms with Gasteiger partial charge in [-0.25, -0.2) is 0 Å². The van der Waals surface area contributed by atoms with Crippen molar-refractivity contribution in [2.75, 3.05) is 0 Å². The van der Waals surface area contributed by atoms with Gasteiger partial charge in [-0.2, -0.15) is 8.42 Å². The van der Waals surface area contributed by atoms with Crippen molar-refractivity contribution in [1.29, 1.82) is 0 Å². The molecule has 0 aliphatic heterocycles. The molecule has 1 N–H and O–H groups in total. The molecule has 1 saturated carbocycles. The van der Waals surface area contributed by atoms with E-state index in [0.29, 0.717) is 5.92 Å².